The summed E-state index contributed by atoms with van der Waals surface area (Å²) in [4.78, 5) is 0. The van der Waals surface area contributed by atoms with Gasteiger partial charge in [-0.15, -0.1) is 0 Å². The average Bonchev–Trinajstić information content (AvgIpc) is 2.68. The van der Waals surface area contributed by atoms with Gasteiger partial charge >= 0.3 is 0 Å². The van der Waals surface area contributed by atoms with Gasteiger partial charge in [-0.05, 0) is 49.7 Å². The van der Waals surface area contributed by atoms with Crippen LogP contribution in [0.3, 0.4) is 0 Å². The van der Waals surface area contributed by atoms with Crippen LogP contribution in [0.25, 0.3) is 10.9 Å². The van der Waals surface area contributed by atoms with Gasteiger partial charge in [-0.1, -0.05) is 40.9 Å². The van der Waals surface area contributed by atoms with Crippen molar-refractivity contribution in [1.29, 1.82) is 0 Å². The summed E-state index contributed by atoms with van der Waals surface area (Å²) in [6.07, 6.45) is 0. The first-order valence-electron chi connectivity index (χ1n) is 6.55. The van der Waals surface area contributed by atoms with E-state index in [1.165, 1.54) is 22.2 Å². The lowest BCUT2D eigenvalue weighted by atomic mass is 10.2. The molecule has 1 aromatic heterocycles. The van der Waals surface area contributed by atoms with E-state index in [1.807, 2.05) is 12.1 Å². The third kappa shape index (κ3) is 2.44. The molecule has 0 aliphatic rings. The van der Waals surface area contributed by atoms with Gasteiger partial charge in [-0.3, -0.25) is 0 Å². The Balaban J connectivity index is 2.08. The van der Waals surface area contributed by atoms with Crippen molar-refractivity contribution in [3.63, 3.8) is 0 Å². The third-order valence-electron chi connectivity index (χ3n) is 3.61. The minimum atomic E-state index is 0.670. The van der Waals surface area contributed by atoms with Gasteiger partial charge in [-0.2, -0.15) is 0 Å². The Morgan fingerprint density at radius 2 is 1.75 bits per heavy atom. The Morgan fingerprint density at radius 3 is 2.50 bits per heavy atom. The van der Waals surface area contributed by atoms with Crippen LogP contribution in [0.2, 0.25) is 10.0 Å². The molecular weight excluding hydrogens is 289 g/mol. The second kappa shape index (κ2) is 5.16. The molecule has 0 atom stereocenters. The smallest absolute Gasteiger partial charge is 0.0493 e. The average molecular weight is 304 g/mol. The van der Waals surface area contributed by atoms with Crippen molar-refractivity contribution >= 4 is 34.1 Å². The molecule has 3 rings (SSSR count). The van der Waals surface area contributed by atoms with Crippen LogP contribution < -0.4 is 0 Å². The van der Waals surface area contributed by atoms with Gasteiger partial charge in [0.05, 0.1) is 0 Å². The van der Waals surface area contributed by atoms with Gasteiger partial charge in [0.2, 0.25) is 0 Å². The molecule has 0 unspecified atom stereocenters. The maximum Gasteiger partial charge on any atom is 0.0493 e. The molecule has 20 heavy (non-hydrogen) atoms. The maximum atomic E-state index is 6.28. The van der Waals surface area contributed by atoms with Crippen LogP contribution in [0.1, 0.15) is 16.8 Å². The molecule has 1 heterocycles. The summed E-state index contributed by atoms with van der Waals surface area (Å²) < 4.78 is 2.28. The fourth-order valence-corrected chi connectivity index (χ4v) is 3.03. The lowest BCUT2D eigenvalue weighted by Gasteiger charge is -2.10. The number of halogens is 2. The normalized spacial score (nSPS) is 11.2. The van der Waals surface area contributed by atoms with E-state index < -0.39 is 0 Å². The van der Waals surface area contributed by atoms with Crippen LogP contribution in [0.5, 0.6) is 0 Å². The molecule has 102 valence electrons. The molecule has 0 radical (unpaired) electrons. The molecule has 1 nitrogen and oxygen atoms in total. The number of hydrogen-bond acceptors (Lipinski definition) is 0. The zero-order valence-corrected chi connectivity index (χ0v) is 13.0. The second-order valence-electron chi connectivity index (χ2n) is 5.17. The van der Waals surface area contributed by atoms with Crippen molar-refractivity contribution in [1.82, 2.24) is 4.57 Å². The highest BCUT2D eigenvalue weighted by molar-refractivity contribution is 6.35. The molecule has 0 saturated carbocycles. The number of fused-ring (bicyclic) bond motifs is 1. The van der Waals surface area contributed by atoms with Crippen molar-refractivity contribution in [2.75, 3.05) is 0 Å². The summed E-state index contributed by atoms with van der Waals surface area (Å²) in [5.74, 6) is 0. The quantitative estimate of drug-likeness (QED) is 0.579. The number of hydrogen-bond donors (Lipinski definition) is 0. The highest BCUT2D eigenvalue weighted by Gasteiger charge is 2.08. The first-order chi connectivity index (χ1) is 9.54. The Labute approximate surface area is 128 Å². The van der Waals surface area contributed by atoms with Gasteiger partial charge in [0.25, 0.3) is 0 Å². The highest BCUT2D eigenvalue weighted by atomic mass is 35.5. The van der Waals surface area contributed by atoms with Gasteiger partial charge in [-0.25, -0.2) is 0 Å². The number of rotatable bonds is 2. The van der Waals surface area contributed by atoms with E-state index >= 15 is 0 Å². The van der Waals surface area contributed by atoms with Crippen molar-refractivity contribution in [2.24, 2.45) is 0 Å². The summed E-state index contributed by atoms with van der Waals surface area (Å²) in [5.41, 5.74) is 4.83. The molecule has 2 aromatic carbocycles. The number of nitrogens with zero attached hydrogens (tertiary/aromatic N) is 1. The molecule has 0 N–H and O–H groups in total. The van der Waals surface area contributed by atoms with Crippen LogP contribution in [0.4, 0.5) is 0 Å². The summed E-state index contributed by atoms with van der Waals surface area (Å²) in [7, 11) is 0. The van der Waals surface area contributed by atoms with Gasteiger partial charge in [0.15, 0.2) is 0 Å². The van der Waals surface area contributed by atoms with Gasteiger partial charge in [0, 0.05) is 33.2 Å². The van der Waals surface area contributed by atoms with Crippen molar-refractivity contribution < 1.29 is 0 Å². The molecular formula is C17H15Cl2N. The maximum absolute atomic E-state index is 6.28. The summed E-state index contributed by atoms with van der Waals surface area (Å²) in [6.45, 7) is 5.00. The molecule has 0 amide bonds. The topological polar surface area (TPSA) is 4.93 Å². The van der Waals surface area contributed by atoms with Crippen LogP contribution >= 0.6 is 23.2 Å². The number of aryl methyl sites for hydroxylation is 2. The van der Waals surface area contributed by atoms with E-state index in [1.54, 1.807) is 6.07 Å². The molecule has 3 heteroatoms. The zero-order chi connectivity index (χ0) is 14.3. The second-order valence-corrected chi connectivity index (χ2v) is 6.01. The fourth-order valence-electron chi connectivity index (χ4n) is 2.56. The zero-order valence-electron chi connectivity index (χ0n) is 11.5. The van der Waals surface area contributed by atoms with Crippen LogP contribution in [0, 0.1) is 13.8 Å². The predicted octanol–water partition coefficient (Wildman–Crippen LogP) is 5.61. The Hall–Kier alpha value is -1.44. The van der Waals surface area contributed by atoms with Crippen LogP contribution in [-0.2, 0) is 6.54 Å². The highest BCUT2D eigenvalue weighted by Crippen LogP contribution is 2.26. The standard InChI is InChI=1S/C17H15Cl2N/c1-11-3-6-17-14(7-11)8-12(2)20(17)10-13-4-5-15(18)9-16(13)19/h3-9H,10H2,1-2H3. The Kier molecular flexibility index (Phi) is 3.49. The van der Waals surface area contributed by atoms with Crippen molar-refractivity contribution in [3.8, 4) is 0 Å². The Bertz CT molecular complexity index is 787. The lowest BCUT2D eigenvalue weighted by molar-refractivity contribution is 0.805. The van der Waals surface area contributed by atoms with Crippen LogP contribution in [0.15, 0.2) is 42.5 Å². The summed E-state index contributed by atoms with van der Waals surface area (Å²) in [6, 6.07) is 14.4. The molecule has 0 spiro atoms. The van der Waals surface area contributed by atoms with E-state index in [4.69, 9.17) is 23.2 Å². The molecule has 0 saturated heterocycles. The first kappa shape index (κ1) is 13.5. The predicted molar refractivity (Wildman–Crippen MR) is 87.0 cm³/mol. The molecule has 0 aliphatic heterocycles. The number of aromatic nitrogens is 1. The van der Waals surface area contributed by atoms with E-state index in [0.29, 0.717) is 10.0 Å². The SMILES string of the molecule is Cc1ccc2c(c1)cc(C)n2Cc1ccc(Cl)cc1Cl. The van der Waals surface area contributed by atoms with E-state index in [2.05, 4.69) is 42.7 Å². The summed E-state index contributed by atoms with van der Waals surface area (Å²) >= 11 is 12.2. The molecule has 3 aromatic rings. The number of benzene rings is 2. The van der Waals surface area contributed by atoms with E-state index in [9.17, 15) is 0 Å². The lowest BCUT2D eigenvalue weighted by Crippen LogP contribution is -2.02. The monoisotopic (exact) mass is 303 g/mol. The molecule has 0 aliphatic carbocycles. The Morgan fingerprint density at radius 1 is 0.950 bits per heavy atom. The van der Waals surface area contributed by atoms with E-state index in [-0.39, 0.29) is 0 Å². The first-order valence-corrected chi connectivity index (χ1v) is 7.30. The third-order valence-corrected chi connectivity index (χ3v) is 4.19. The van der Waals surface area contributed by atoms with Crippen LogP contribution in [-0.4, -0.2) is 4.57 Å². The molecule has 0 fully saturated rings. The van der Waals surface area contributed by atoms with Crippen molar-refractivity contribution in [3.05, 3.63) is 69.3 Å². The fraction of sp³-hybridized carbons (Fsp3) is 0.176. The minimum absolute atomic E-state index is 0.670. The van der Waals surface area contributed by atoms with E-state index in [0.717, 1.165) is 12.1 Å². The van der Waals surface area contributed by atoms with Gasteiger partial charge in [0.1, 0.15) is 0 Å². The van der Waals surface area contributed by atoms with Crippen molar-refractivity contribution in [2.45, 2.75) is 20.4 Å². The largest absolute Gasteiger partial charge is 0.340 e. The summed E-state index contributed by atoms with van der Waals surface area (Å²) in [5, 5.41) is 2.65. The van der Waals surface area contributed by atoms with Gasteiger partial charge < -0.3 is 4.57 Å². The molecule has 0 bridgehead atoms. The minimum Gasteiger partial charge on any atom is -0.340 e.